The molecule has 1 aliphatic heterocycles. The van der Waals surface area contributed by atoms with E-state index in [0.717, 1.165) is 24.0 Å². The molecule has 1 heterocycles. The number of hydrogen-bond donors (Lipinski definition) is 1. The number of sulfonamides is 1. The van der Waals surface area contributed by atoms with Gasteiger partial charge in [0.2, 0.25) is 21.8 Å². The molecule has 2 amide bonds. The molecule has 1 fully saturated rings. The van der Waals surface area contributed by atoms with Crippen LogP contribution in [0.5, 0.6) is 0 Å². The van der Waals surface area contributed by atoms with E-state index in [9.17, 15) is 22.4 Å². The highest BCUT2D eigenvalue weighted by Crippen LogP contribution is 2.21. The first-order chi connectivity index (χ1) is 15.7. The van der Waals surface area contributed by atoms with E-state index >= 15 is 0 Å². The van der Waals surface area contributed by atoms with Gasteiger partial charge in [0.25, 0.3) is 0 Å². The molecule has 0 unspecified atom stereocenters. The predicted octanol–water partition coefficient (Wildman–Crippen LogP) is 2.71. The lowest BCUT2D eigenvalue weighted by Crippen LogP contribution is -2.46. The van der Waals surface area contributed by atoms with E-state index in [1.807, 2.05) is 0 Å². The lowest BCUT2D eigenvalue weighted by Gasteiger charge is -2.28. The Morgan fingerprint density at radius 1 is 1.03 bits per heavy atom. The van der Waals surface area contributed by atoms with Gasteiger partial charge >= 0.3 is 0 Å². The summed E-state index contributed by atoms with van der Waals surface area (Å²) in [5.41, 5.74) is 1.55. The summed E-state index contributed by atoms with van der Waals surface area (Å²) in [6.45, 7) is 2.93. The van der Waals surface area contributed by atoms with Crippen LogP contribution >= 0.6 is 0 Å². The van der Waals surface area contributed by atoms with Crippen molar-refractivity contribution in [2.24, 2.45) is 0 Å². The molecule has 178 valence electrons. The largest absolute Gasteiger partial charge is 0.357 e. The Morgan fingerprint density at radius 2 is 1.61 bits per heavy atom. The van der Waals surface area contributed by atoms with Gasteiger partial charge in [-0.3, -0.25) is 9.59 Å². The van der Waals surface area contributed by atoms with Gasteiger partial charge in [-0.25, -0.2) is 12.8 Å². The SMILES string of the molecule is CNC(=O)[C@@H](C)N(Cc1ccc(F)cc1)C(=O)CCc1ccc(S(=O)(=O)N2CCCC2)cc1. The molecular formula is C24H30FN3O4S. The van der Waals surface area contributed by atoms with E-state index in [-0.39, 0.29) is 35.5 Å². The van der Waals surface area contributed by atoms with Crippen molar-refractivity contribution in [3.63, 3.8) is 0 Å². The average molecular weight is 476 g/mol. The first-order valence-corrected chi connectivity index (χ1v) is 12.5. The number of benzene rings is 2. The van der Waals surface area contributed by atoms with Crippen LogP contribution < -0.4 is 5.32 Å². The van der Waals surface area contributed by atoms with Crippen LogP contribution in [0.4, 0.5) is 4.39 Å². The topological polar surface area (TPSA) is 86.8 Å². The van der Waals surface area contributed by atoms with Crippen molar-refractivity contribution in [2.75, 3.05) is 20.1 Å². The number of aryl methyl sites for hydroxylation is 1. The number of rotatable bonds is 9. The van der Waals surface area contributed by atoms with Crippen molar-refractivity contribution >= 4 is 21.8 Å². The van der Waals surface area contributed by atoms with Gasteiger partial charge in [0.1, 0.15) is 11.9 Å². The minimum Gasteiger partial charge on any atom is -0.357 e. The maximum atomic E-state index is 13.2. The lowest BCUT2D eigenvalue weighted by atomic mass is 10.1. The number of carbonyl (C=O) groups is 2. The molecule has 1 N–H and O–H groups in total. The van der Waals surface area contributed by atoms with Gasteiger partial charge in [0.15, 0.2) is 0 Å². The third-order valence-electron chi connectivity index (χ3n) is 5.93. The molecule has 0 spiro atoms. The highest BCUT2D eigenvalue weighted by Gasteiger charge is 2.27. The Hall–Kier alpha value is -2.78. The maximum Gasteiger partial charge on any atom is 0.243 e. The van der Waals surface area contributed by atoms with E-state index in [1.54, 1.807) is 43.3 Å². The normalized spacial score (nSPS) is 15.2. The number of hydrogen-bond acceptors (Lipinski definition) is 4. The zero-order chi connectivity index (χ0) is 24.0. The molecule has 7 nitrogen and oxygen atoms in total. The van der Waals surface area contributed by atoms with E-state index < -0.39 is 16.1 Å². The summed E-state index contributed by atoms with van der Waals surface area (Å²) in [7, 11) is -1.96. The number of likely N-dealkylation sites (N-methyl/N-ethyl adjacent to an activating group) is 1. The number of nitrogens with one attached hydrogen (secondary N) is 1. The van der Waals surface area contributed by atoms with E-state index in [4.69, 9.17) is 0 Å². The fourth-order valence-electron chi connectivity index (χ4n) is 3.88. The van der Waals surface area contributed by atoms with Crippen molar-refractivity contribution in [3.8, 4) is 0 Å². The molecule has 1 saturated heterocycles. The van der Waals surface area contributed by atoms with Crippen molar-refractivity contribution in [3.05, 3.63) is 65.5 Å². The van der Waals surface area contributed by atoms with Gasteiger partial charge in [0, 0.05) is 33.1 Å². The second-order valence-electron chi connectivity index (χ2n) is 8.19. The molecule has 0 radical (unpaired) electrons. The summed E-state index contributed by atoms with van der Waals surface area (Å²) in [6, 6.07) is 11.7. The average Bonchev–Trinajstić information content (AvgIpc) is 3.37. The smallest absolute Gasteiger partial charge is 0.243 e. The summed E-state index contributed by atoms with van der Waals surface area (Å²) in [6.07, 6.45) is 2.31. The van der Waals surface area contributed by atoms with Crippen molar-refractivity contribution in [1.82, 2.24) is 14.5 Å². The van der Waals surface area contributed by atoms with Crippen LogP contribution in [-0.2, 0) is 32.6 Å². The van der Waals surface area contributed by atoms with E-state index in [2.05, 4.69) is 5.32 Å². The van der Waals surface area contributed by atoms with Gasteiger partial charge in [-0.05, 0) is 61.6 Å². The highest BCUT2D eigenvalue weighted by molar-refractivity contribution is 7.89. The maximum absolute atomic E-state index is 13.2. The Balaban J connectivity index is 1.67. The lowest BCUT2D eigenvalue weighted by molar-refractivity contribution is -0.140. The molecule has 33 heavy (non-hydrogen) atoms. The molecular weight excluding hydrogens is 445 g/mol. The third kappa shape index (κ3) is 6.17. The first kappa shape index (κ1) is 24.9. The number of nitrogens with zero attached hydrogens (tertiary/aromatic N) is 2. The minimum absolute atomic E-state index is 0.154. The second kappa shape index (κ2) is 10.9. The third-order valence-corrected chi connectivity index (χ3v) is 7.85. The summed E-state index contributed by atoms with van der Waals surface area (Å²) in [4.78, 5) is 26.9. The van der Waals surface area contributed by atoms with Gasteiger partial charge in [0.05, 0.1) is 4.90 Å². The van der Waals surface area contributed by atoms with Crippen LogP contribution in [0.1, 0.15) is 37.3 Å². The number of carbonyl (C=O) groups excluding carboxylic acids is 2. The molecule has 2 aromatic carbocycles. The number of halogens is 1. The zero-order valence-electron chi connectivity index (χ0n) is 19.0. The van der Waals surface area contributed by atoms with Gasteiger partial charge in [-0.2, -0.15) is 4.31 Å². The van der Waals surface area contributed by atoms with Gasteiger partial charge in [-0.15, -0.1) is 0 Å². The van der Waals surface area contributed by atoms with Crippen molar-refractivity contribution in [2.45, 2.75) is 50.1 Å². The Kier molecular flexibility index (Phi) is 8.20. The Morgan fingerprint density at radius 3 is 2.18 bits per heavy atom. The van der Waals surface area contributed by atoms with Crippen LogP contribution in [0, 0.1) is 5.82 Å². The van der Waals surface area contributed by atoms with E-state index in [0.29, 0.717) is 19.5 Å². The Labute approximate surface area is 194 Å². The van der Waals surface area contributed by atoms with Gasteiger partial charge < -0.3 is 10.2 Å². The quantitative estimate of drug-likeness (QED) is 0.604. The summed E-state index contributed by atoms with van der Waals surface area (Å²) >= 11 is 0. The molecule has 0 aromatic heterocycles. The van der Waals surface area contributed by atoms with Crippen LogP contribution in [0.3, 0.4) is 0 Å². The molecule has 2 aromatic rings. The molecule has 0 aliphatic carbocycles. The monoisotopic (exact) mass is 475 g/mol. The van der Waals surface area contributed by atoms with Crippen LogP contribution in [0.15, 0.2) is 53.4 Å². The summed E-state index contributed by atoms with van der Waals surface area (Å²) in [5.74, 6) is -0.878. The minimum atomic E-state index is -3.47. The van der Waals surface area contributed by atoms with Crippen molar-refractivity contribution < 1.29 is 22.4 Å². The van der Waals surface area contributed by atoms with Crippen LogP contribution in [-0.4, -0.2) is 55.6 Å². The molecule has 0 saturated carbocycles. The molecule has 1 atom stereocenters. The van der Waals surface area contributed by atoms with Crippen LogP contribution in [0.25, 0.3) is 0 Å². The standard InChI is InChI=1S/C24H30FN3O4S/c1-18(24(30)26-2)28(17-20-5-10-21(25)11-6-20)23(29)14-9-19-7-12-22(13-8-19)33(31,32)27-15-3-4-16-27/h5-8,10-13,18H,3-4,9,14-17H2,1-2H3,(H,26,30)/t18-/m1/s1. The fraction of sp³-hybridized carbons (Fsp3) is 0.417. The van der Waals surface area contributed by atoms with Crippen molar-refractivity contribution in [1.29, 1.82) is 0 Å². The van der Waals surface area contributed by atoms with E-state index in [1.165, 1.54) is 28.4 Å². The molecule has 1 aliphatic rings. The predicted molar refractivity (Wildman–Crippen MR) is 123 cm³/mol. The number of amides is 2. The second-order valence-corrected chi connectivity index (χ2v) is 10.1. The van der Waals surface area contributed by atoms with Gasteiger partial charge in [-0.1, -0.05) is 24.3 Å². The van der Waals surface area contributed by atoms with Crippen LogP contribution in [0.2, 0.25) is 0 Å². The fourth-order valence-corrected chi connectivity index (χ4v) is 5.40. The molecule has 9 heteroatoms. The zero-order valence-corrected chi connectivity index (χ0v) is 19.8. The Bertz CT molecular complexity index is 1070. The highest BCUT2D eigenvalue weighted by atomic mass is 32.2. The molecule has 0 bridgehead atoms. The summed E-state index contributed by atoms with van der Waals surface area (Å²) in [5, 5.41) is 2.56. The molecule has 3 rings (SSSR count). The summed E-state index contributed by atoms with van der Waals surface area (Å²) < 4.78 is 40.1. The first-order valence-electron chi connectivity index (χ1n) is 11.1.